The van der Waals surface area contributed by atoms with Crippen molar-refractivity contribution >= 4 is 23.8 Å². The van der Waals surface area contributed by atoms with Crippen LogP contribution in [0.15, 0.2) is 53.4 Å². The van der Waals surface area contributed by atoms with Crippen LogP contribution in [0.3, 0.4) is 0 Å². The van der Waals surface area contributed by atoms with Crippen LogP contribution in [0.2, 0.25) is 0 Å². The SMILES string of the molecule is O=c1[nH]c(O)c(C=Nc2cccc(N=Cc3c(O)[nH]c(=O)[nH]c3=O)c2)c(=O)[nH]1. The largest absolute Gasteiger partial charge is 0.494 e. The zero-order valence-electron chi connectivity index (χ0n) is 13.9. The Bertz CT molecular complexity index is 1230. The fourth-order valence-electron chi connectivity index (χ4n) is 2.14. The number of hydrogen-bond acceptors (Lipinski definition) is 8. The molecule has 12 heteroatoms. The van der Waals surface area contributed by atoms with Gasteiger partial charge in [0.25, 0.3) is 11.1 Å². The summed E-state index contributed by atoms with van der Waals surface area (Å²) in [6, 6.07) is 6.24. The molecule has 0 aliphatic rings. The van der Waals surface area contributed by atoms with Gasteiger partial charge in [-0.3, -0.25) is 39.5 Å². The smallest absolute Gasteiger partial charge is 0.328 e. The summed E-state index contributed by atoms with van der Waals surface area (Å²) in [5.41, 5.74) is -3.11. The first-order chi connectivity index (χ1) is 13.3. The van der Waals surface area contributed by atoms with E-state index < -0.39 is 34.3 Å². The molecular weight excluding hydrogens is 372 g/mol. The van der Waals surface area contributed by atoms with Crippen molar-refractivity contribution in [2.75, 3.05) is 0 Å². The summed E-state index contributed by atoms with van der Waals surface area (Å²) in [5, 5.41) is 19.2. The van der Waals surface area contributed by atoms with Crippen LogP contribution in [0, 0.1) is 0 Å². The maximum absolute atomic E-state index is 11.7. The van der Waals surface area contributed by atoms with Gasteiger partial charge in [-0.2, -0.15) is 0 Å². The van der Waals surface area contributed by atoms with E-state index in [9.17, 15) is 29.4 Å². The third-order valence-corrected chi connectivity index (χ3v) is 3.43. The van der Waals surface area contributed by atoms with E-state index in [2.05, 4.69) is 9.98 Å². The number of H-pyrrole nitrogens is 4. The van der Waals surface area contributed by atoms with Crippen molar-refractivity contribution in [2.45, 2.75) is 0 Å². The van der Waals surface area contributed by atoms with E-state index in [-0.39, 0.29) is 11.1 Å². The zero-order chi connectivity index (χ0) is 20.3. The molecule has 0 atom stereocenters. The predicted octanol–water partition coefficient (Wildman–Crippen LogP) is -0.648. The highest BCUT2D eigenvalue weighted by Crippen LogP contribution is 2.20. The molecule has 0 radical (unpaired) electrons. The van der Waals surface area contributed by atoms with Crippen molar-refractivity contribution in [1.82, 2.24) is 19.9 Å². The molecule has 1 aromatic carbocycles. The summed E-state index contributed by atoms with van der Waals surface area (Å²) in [6.45, 7) is 0. The van der Waals surface area contributed by atoms with Gasteiger partial charge in [0, 0.05) is 12.4 Å². The van der Waals surface area contributed by atoms with E-state index in [0.29, 0.717) is 11.4 Å². The van der Waals surface area contributed by atoms with Crippen molar-refractivity contribution in [2.24, 2.45) is 9.98 Å². The summed E-state index contributed by atoms with van der Waals surface area (Å²) in [4.78, 5) is 61.4. The van der Waals surface area contributed by atoms with Crippen LogP contribution in [0.25, 0.3) is 0 Å². The molecule has 3 rings (SSSR count). The average Bonchev–Trinajstić information content (AvgIpc) is 2.60. The summed E-state index contributed by atoms with van der Waals surface area (Å²) in [5.74, 6) is -1.25. The molecule has 12 nitrogen and oxygen atoms in total. The Labute approximate surface area is 153 Å². The third kappa shape index (κ3) is 4.01. The molecule has 2 aromatic heterocycles. The van der Waals surface area contributed by atoms with Crippen molar-refractivity contribution in [1.29, 1.82) is 0 Å². The van der Waals surface area contributed by atoms with Crippen LogP contribution in [0.4, 0.5) is 11.4 Å². The van der Waals surface area contributed by atoms with Gasteiger partial charge in [-0.25, -0.2) is 9.59 Å². The van der Waals surface area contributed by atoms with Crippen LogP contribution in [-0.4, -0.2) is 42.6 Å². The Morgan fingerprint density at radius 3 is 1.54 bits per heavy atom. The summed E-state index contributed by atoms with van der Waals surface area (Å²) in [6.07, 6.45) is 2.12. The molecule has 3 aromatic rings. The molecule has 2 heterocycles. The van der Waals surface area contributed by atoms with Crippen molar-refractivity contribution < 1.29 is 10.2 Å². The second kappa shape index (κ2) is 7.41. The number of rotatable bonds is 4. The highest BCUT2D eigenvalue weighted by Gasteiger charge is 2.06. The van der Waals surface area contributed by atoms with Gasteiger partial charge in [0.15, 0.2) is 0 Å². The topological polar surface area (TPSA) is 197 Å². The number of aromatic nitrogens is 4. The maximum Gasteiger partial charge on any atom is 0.328 e. The molecule has 0 aliphatic heterocycles. The van der Waals surface area contributed by atoms with E-state index in [1.807, 2.05) is 19.9 Å². The van der Waals surface area contributed by atoms with Crippen LogP contribution in [0.5, 0.6) is 11.8 Å². The lowest BCUT2D eigenvalue weighted by atomic mass is 10.2. The molecule has 142 valence electrons. The summed E-state index contributed by atoms with van der Waals surface area (Å²) >= 11 is 0. The number of nitrogens with one attached hydrogen (secondary N) is 4. The summed E-state index contributed by atoms with van der Waals surface area (Å²) < 4.78 is 0. The number of benzene rings is 1. The molecule has 6 N–H and O–H groups in total. The zero-order valence-corrected chi connectivity index (χ0v) is 13.9. The average molecular weight is 384 g/mol. The van der Waals surface area contributed by atoms with Gasteiger partial charge in [-0.15, -0.1) is 0 Å². The number of aromatic amines is 4. The van der Waals surface area contributed by atoms with Gasteiger partial charge in [0.1, 0.15) is 11.1 Å². The minimum Gasteiger partial charge on any atom is -0.494 e. The molecule has 0 fully saturated rings. The van der Waals surface area contributed by atoms with Crippen molar-refractivity contribution in [3.63, 3.8) is 0 Å². The molecule has 28 heavy (non-hydrogen) atoms. The minimum atomic E-state index is -0.850. The van der Waals surface area contributed by atoms with E-state index >= 15 is 0 Å². The molecule has 0 aliphatic carbocycles. The Kier molecular flexibility index (Phi) is 4.85. The number of aliphatic imine (C=N–C) groups is 2. The Morgan fingerprint density at radius 1 is 0.714 bits per heavy atom. The van der Waals surface area contributed by atoms with E-state index in [1.165, 1.54) is 6.07 Å². The molecule has 0 unspecified atom stereocenters. The number of nitrogens with zero attached hydrogens (tertiary/aromatic N) is 2. The fraction of sp³-hybridized carbons (Fsp3) is 0. The van der Waals surface area contributed by atoms with Crippen LogP contribution in [0.1, 0.15) is 11.1 Å². The first-order valence-electron chi connectivity index (χ1n) is 7.63. The standard InChI is InChI=1S/C16H12N6O6/c23-11-9(12(24)20-15(27)19-11)5-17-7-2-1-3-8(4-7)18-6-10-13(25)21-16(28)22-14(10)26/h1-6H,(H3,19,20,23,24,27)(H3,21,22,25,26,28). The fourth-order valence-corrected chi connectivity index (χ4v) is 2.14. The van der Waals surface area contributed by atoms with Crippen molar-refractivity contribution in [3.8, 4) is 11.8 Å². The molecule has 0 bridgehead atoms. The first-order valence-corrected chi connectivity index (χ1v) is 7.63. The lowest BCUT2D eigenvalue weighted by molar-refractivity contribution is 0.447. The lowest BCUT2D eigenvalue weighted by Gasteiger charge is -1.99. The Hall–Kier alpha value is -4.48. The highest BCUT2D eigenvalue weighted by molar-refractivity contribution is 5.85. The second-order valence-electron chi connectivity index (χ2n) is 5.38. The molecular formula is C16H12N6O6. The highest BCUT2D eigenvalue weighted by atomic mass is 16.3. The maximum atomic E-state index is 11.7. The number of hydrogen-bond donors (Lipinski definition) is 6. The van der Waals surface area contributed by atoms with Gasteiger partial charge in [0.05, 0.1) is 11.4 Å². The van der Waals surface area contributed by atoms with Gasteiger partial charge >= 0.3 is 11.4 Å². The van der Waals surface area contributed by atoms with Gasteiger partial charge < -0.3 is 10.2 Å². The molecule has 0 spiro atoms. The van der Waals surface area contributed by atoms with Gasteiger partial charge in [-0.1, -0.05) is 6.07 Å². The molecule has 0 saturated heterocycles. The van der Waals surface area contributed by atoms with Crippen molar-refractivity contribution in [3.05, 3.63) is 77.1 Å². The Morgan fingerprint density at radius 2 is 1.14 bits per heavy atom. The predicted molar refractivity (Wildman–Crippen MR) is 99.6 cm³/mol. The van der Waals surface area contributed by atoms with Crippen LogP contribution >= 0.6 is 0 Å². The third-order valence-electron chi connectivity index (χ3n) is 3.43. The van der Waals surface area contributed by atoms with E-state index in [4.69, 9.17) is 0 Å². The van der Waals surface area contributed by atoms with Gasteiger partial charge in [-0.05, 0) is 18.2 Å². The molecule has 0 amide bonds. The second-order valence-corrected chi connectivity index (χ2v) is 5.38. The van der Waals surface area contributed by atoms with Gasteiger partial charge in [0.2, 0.25) is 11.8 Å². The van der Waals surface area contributed by atoms with Crippen LogP contribution < -0.4 is 22.5 Å². The summed E-state index contributed by atoms with van der Waals surface area (Å²) in [7, 11) is 0. The van der Waals surface area contributed by atoms with E-state index in [1.54, 1.807) is 18.2 Å². The quantitative estimate of drug-likeness (QED) is 0.323. The normalized spacial score (nSPS) is 11.4. The minimum absolute atomic E-state index is 0.238. The monoisotopic (exact) mass is 384 g/mol. The van der Waals surface area contributed by atoms with E-state index in [0.717, 1.165) is 12.4 Å². The van der Waals surface area contributed by atoms with Crippen LogP contribution in [-0.2, 0) is 0 Å². The Balaban J connectivity index is 1.90. The first kappa shape index (κ1) is 18.3. The number of aromatic hydroxyl groups is 2. The molecule has 0 saturated carbocycles. The lowest BCUT2D eigenvalue weighted by Crippen LogP contribution is -2.24.